The highest BCUT2D eigenvalue weighted by molar-refractivity contribution is 7.39. The van der Waals surface area contributed by atoms with Crippen molar-refractivity contribution in [2.75, 3.05) is 4.67 Å². The highest BCUT2D eigenvalue weighted by atomic mass is 31.1. The van der Waals surface area contributed by atoms with Gasteiger partial charge in [0.05, 0.1) is 0 Å². The molecule has 6 rings (SSSR count). The molecule has 4 heteroatoms. The third-order valence-electron chi connectivity index (χ3n) is 6.48. The molecule has 1 aliphatic heterocycles. The summed E-state index contributed by atoms with van der Waals surface area (Å²) in [5, 5.41) is 7.13. The van der Waals surface area contributed by atoms with E-state index in [-0.39, 0.29) is 0 Å². The van der Waals surface area contributed by atoms with Crippen molar-refractivity contribution in [3.63, 3.8) is 0 Å². The van der Waals surface area contributed by atoms with E-state index in [1.165, 1.54) is 34.4 Å². The third kappa shape index (κ3) is 2.70. The highest BCUT2D eigenvalue weighted by Crippen LogP contribution is 2.45. The molecule has 150 valence electrons. The lowest BCUT2D eigenvalue weighted by molar-refractivity contribution is 0.600. The maximum absolute atomic E-state index is 6.69. The molecule has 3 nitrogen and oxygen atoms in total. The molecule has 30 heavy (non-hydrogen) atoms. The van der Waals surface area contributed by atoms with E-state index >= 15 is 0 Å². The lowest BCUT2D eigenvalue weighted by Gasteiger charge is -2.21. The normalized spacial score (nSPS) is 19.9. The molecule has 0 spiro atoms. The zero-order valence-electron chi connectivity index (χ0n) is 17.2. The summed E-state index contributed by atoms with van der Waals surface area (Å²) in [5.41, 5.74) is 1.84. The largest absolute Gasteiger partial charge is 0.408 e. The zero-order valence-corrected chi connectivity index (χ0v) is 18.1. The van der Waals surface area contributed by atoms with Gasteiger partial charge in [-0.25, -0.2) is 0 Å². The summed E-state index contributed by atoms with van der Waals surface area (Å²) in [6, 6.07) is 26.6. The molecule has 0 bridgehead atoms. The number of rotatable bonds is 1. The molecule has 1 saturated heterocycles. The second kappa shape index (κ2) is 6.91. The maximum Gasteiger partial charge on any atom is 0.310 e. The van der Waals surface area contributed by atoms with E-state index in [9.17, 15) is 0 Å². The summed E-state index contributed by atoms with van der Waals surface area (Å²) >= 11 is 0. The number of hydrogen-bond acceptors (Lipinski definition) is 3. The Bertz CT molecular complexity index is 1350. The van der Waals surface area contributed by atoms with Crippen LogP contribution >= 0.6 is 8.16 Å². The van der Waals surface area contributed by atoms with Crippen molar-refractivity contribution >= 4 is 51.6 Å². The van der Waals surface area contributed by atoms with Crippen LogP contribution in [0.5, 0.6) is 0 Å². The van der Waals surface area contributed by atoms with Gasteiger partial charge < -0.3 is 8.39 Å². The van der Waals surface area contributed by atoms with Crippen molar-refractivity contribution in [2.45, 2.75) is 38.8 Å². The van der Waals surface area contributed by atoms with E-state index in [1.807, 2.05) is 0 Å². The second-order valence-electron chi connectivity index (χ2n) is 8.40. The second-order valence-corrected chi connectivity index (χ2v) is 9.70. The van der Waals surface area contributed by atoms with Crippen LogP contribution in [0.1, 0.15) is 26.7 Å². The van der Waals surface area contributed by atoms with Crippen LogP contribution in [0.4, 0.5) is 0 Å². The van der Waals surface area contributed by atoms with Crippen molar-refractivity contribution in [1.29, 1.82) is 0 Å². The van der Waals surface area contributed by atoms with Crippen molar-refractivity contribution in [1.82, 2.24) is 0 Å². The predicted molar refractivity (Wildman–Crippen MR) is 128 cm³/mol. The summed E-state index contributed by atoms with van der Waals surface area (Å²) in [6.45, 7) is 4.57. The molecule has 2 atom stereocenters. The fourth-order valence-electron chi connectivity index (χ4n) is 4.96. The zero-order chi connectivity index (χ0) is 20.2. The van der Waals surface area contributed by atoms with Crippen LogP contribution in [-0.4, -0.2) is 12.1 Å². The molecule has 5 aromatic rings. The Kier molecular flexibility index (Phi) is 4.16. The van der Waals surface area contributed by atoms with E-state index in [4.69, 9.17) is 8.39 Å². The Labute approximate surface area is 176 Å². The smallest absolute Gasteiger partial charge is 0.310 e. The van der Waals surface area contributed by atoms with Gasteiger partial charge in [0.2, 0.25) is 0 Å². The van der Waals surface area contributed by atoms with Gasteiger partial charge in [-0.1, -0.05) is 60.7 Å². The summed E-state index contributed by atoms with van der Waals surface area (Å²) in [7, 11) is -1.23. The topological polar surface area (TPSA) is 29.5 Å². The molecule has 1 aromatic heterocycles. The molecule has 4 aromatic carbocycles. The fraction of sp³-hybridized carbons (Fsp3) is 0.231. The van der Waals surface area contributed by atoms with E-state index in [2.05, 4.69) is 91.3 Å². The minimum absolute atomic E-state index is 0.456. The minimum atomic E-state index is -1.23. The number of benzene rings is 4. The first-order valence-corrected chi connectivity index (χ1v) is 11.8. The summed E-state index contributed by atoms with van der Waals surface area (Å²) < 4.78 is 15.8. The number of fused-ring (bicyclic) bond motifs is 7. The van der Waals surface area contributed by atoms with Gasteiger partial charge in [-0.2, -0.15) is 4.67 Å². The van der Waals surface area contributed by atoms with E-state index in [1.54, 1.807) is 0 Å². The fourth-order valence-corrected chi connectivity index (χ4v) is 6.70. The summed E-state index contributed by atoms with van der Waals surface area (Å²) in [4.78, 5) is 0. The number of nitrogens with zero attached hydrogens (tertiary/aromatic N) is 1. The van der Waals surface area contributed by atoms with Crippen LogP contribution in [0, 0.1) is 0 Å². The van der Waals surface area contributed by atoms with Crippen LogP contribution < -0.4 is 4.67 Å². The van der Waals surface area contributed by atoms with Gasteiger partial charge in [0.1, 0.15) is 11.2 Å². The first-order chi connectivity index (χ1) is 14.7. The van der Waals surface area contributed by atoms with Crippen LogP contribution in [0.25, 0.3) is 43.5 Å². The molecule has 0 N–H and O–H groups in total. The average Bonchev–Trinajstić information content (AvgIpc) is 3.01. The van der Waals surface area contributed by atoms with E-state index in [0.717, 1.165) is 21.9 Å². The standard InChI is InChI=1S/C26H24NO2P/c1-17-11-12-18(2)27(17)30-28-23-15-13-19-7-3-5-9-21(19)25(23)26-22-10-6-4-8-20(22)14-16-24(26)29-30/h3-10,13-18H,11-12H2,1-2H3/t17-,18-/m0/s1. The first kappa shape index (κ1) is 18.1. The average molecular weight is 413 g/mol. The maximum atomic E-state index is 6.69. The van der Waals surface area contributed by atoms with Crippen molar-refractivity contribution in [2.24, 2.45) is 0 Å². The van der Waals surface area contributed by atoms with Crippen LogP contribution in [0.15, 0.2) is 81.2 Å². The van der Waals surface area contributed by atoms with Gasteiger partial charge in [0.15, 0.2) is 0 Å². The molecule has 1 fully saturated rings. The predicted octanol–water partition coefficient (Wildman–Crippen LogP) is 8.11. The molecule has 0 amide bonds. The summed E-state index contributed by atoms with van der Waals surface area (Å²) in [5.74, 6) is 0. The molecular weight excluding hydrogens is 389 g/mol. The Morgan fingerprint density at radius 2 is 1.13 bits per heavy atom. The summed E-state index contributed by atoms with van der Waals surface area (Å²) in [6.07, 6.45) is 2.36. The minimum Gasteiger partial charge on any atom is -0.408 e. The molecule has 0 saturated carbocycles. The van der Waals surface area contributed by atoms with Crippen LogP contribution in [0.2, 0.25) is 0 Å². The van der Waals surface area contributed by atoms with Gasteiger partial charge in [-0.3, -0.25) is 0 Å². The van der Waals surface area contributed by atoms with Gasteiger partial charge in [0.25, 0.3) is 0 Å². The monoisotopic (exact) mass is 413 g/mol. The van der Waals surface area contributed by atoms with Gasteiger partial charge >= 0.3 is 8.16 Å². The van der Waals surface area contributed by atoms with Gasteiger partial charge in [-0.05, 0) is 60.4 Å². The Balaban J connectivity index is 1.86. The van der Waals surface area contributed by atoms with E-state index < -0.39 is 8.16 Å². The molecule has 1 aliphatic rings. The Morgan fingerprint density at radius 1 is 0.667 bits per heavy atom. The van der Waals surface area contributed by atoms with Crippen LogP contribution in [0.3, 0.4) is 0 Å². The third-order valence-corrected chi connectivity index (χ3v) is 8.35. The van der Waals surface area contributed by atoms with Gasteiger partial charge in [0, 0.05) is 22.9 Å². The van der Waals surface area contributed by atoms with E-state index in [0.29, 0.717) is 12.1 Å². The molecule has 0 unspecified atom stereocenters. The quantitative estimate of drug-likeness (QED) is 0.278. The molecule has 0 radical (unpaired) electrons. The Hall–Kier alpha value is -2.74. The number of hydrogen-bond donors (Lipinski definition) is 0. The lowest BCUT2D eigenvalue weighted by atomic mass is 9.99. The van der Waals surface area contributed by atoms with Crippen molar-refractivity contribution in [3.05, 3.63) is 72.8 Å². The molecule has 2 heterocycles. The highest BCUT2D eigenvalue weighted by Gasteiger charge is 2.32. The lowest BCUT2D eigenvalue weighted by Crippen LogP contribution is -2.29. The van der Waals surface area contributed by atoms with Crippen molar-refractivity contribution in [3.8, 4) is 0 Å². The van der Waals surface area contributed by atoms with Crippen molar-refractivity contribution < 1.29 is 8.39 Å². The van der Waals surface area contributed by atoms with Crippen LogP contribution in [-0.2, 0) is 0 Å². The van der Waals surface area contributed by atoms with Gasteiger partial charge in [-0.15, -0.1) is 0 Å². The molecule has 0 aliphatic carbocycles. The SMILES string of the molecule is C[C@H]1CC[C@H](C)N1p1oc2ccc3ccccc3c2c2c(ccc3ccccc32)o1. The molecular formula is C26H24NO2P. The Morgan fingerprint density at radius 3 is 1.63 bits per heavy atom. The first-order valence-electron chi connectivity index (χ1n) is 10.7.